The van der Waals surface area contributed by atoms with Crippen LogP contribution < -0.4 is 0 Å². The molecule has 0 bridgehead atoms. The first-order valence-electron chi connectivity index (χ1n) is 7.09. The van der Waals surface area contributed by atoms with Crippen LogP contribution in [0.1, 0.15) is 36.6 Å². The van der Waals surface area contributed by atoms with E-state index in [2.05, 4.69) is 21.7 Å². The number of fused-ring (bicyclic) bond motifs is 1. The molecule has 21 heavy (non-hydrogen) atoms. The van der Waals surface area contributed by atoms with Gasteiger partial charge >= 0.3 is 0 Å². The molecule has 6 nitrogen and oxygen atoms in total. The first-order valence-corrected chi connectivity index (χ1v) is 7.09. The fourth-order valence-corrected chi connectivity index (χ4v) is 2.81. The molecule has 108 valence electrons. The number of aromatic nitrogens is 2. The molecule has 1 aromatic heterocycles. The average Bonchev–Trinajstić information content (AvgIpc) is 2.97. The number of rotatable bonds is 4. The molecular weight excluding hydrogens is 266 g/mol. The minimum Gasteiger partial charge on any atom is -0.356 e. The lowest BCUT2D eigenvalue weighted by Crippen LogP contribution is -2.18. The van der Waals surface area contributed by atoms with Crippen LogP contribution in [0.25, 0.3) is 27.4 Å². The summed E-state index contributed by atoms with van der Waals surface area (Å²) in [5, 5.41) is 9.17. The van der Waals surface area contributed by atoms with Crippen LogP contribution in [-0.2, 0) is 11.3 Å². The molecule has 0 amide bonds. The normalized spacial score (nSPS) is 18.4. The van der Waals surface area contributed by atoms with Crippen LogP contribution in [0, 0.1) is 0 Å². The van der Waals surface area contributed by atoms with E-state index < -0.39 is 0 Å². The molecular formula is C15H17N5O. The van der Waals surface area contributed by atoms with Gasteiger partial charge in [-0.05, 0) is 42.0 Å². The maximum absolute atomic E-state index is 8.56. The van der Waals surface area contributed by atoms with Crippen LogP contribution in [0.2, 0.25) is 0 Å². The van der Waals surface area contributed by atoms with Crippen LogP contribution in [0.15, 0.2) is 30.0 Å². The van der Waals surface area contributed by atoms with Crippen molar-refractivity contribution in [1.82, 2.24) is 9.78 Å². The Hall–Kier alpha value is -2.30. The van der Waals surface area contributed by atoms with Gasteiger partial charge in [0.05, 0.1) is 18.3 Å². The van der Waals surface area contributed by atoms with E-state index in [0.29, 0.717) is 6.54 Å². The first kappa shape index (κ1) is 13.7. The summed E-state index contributed by atoms with van der Waals surface area (Å²) < 4.78 is 7.74. The average molecular weight is 283 g/mol. The summed E-state index contributed by atoms with van der Waals surface area (Å²) in [7, 11) is 0. The molecule has 2 heterocycles. The minimum atomic E-state index is -0.00171. The Kier molecular flexibility index (Phi) is 3.90. The number of hydrogen-bond donors (Lipinski definition) is 0. The molecule has 1 atom stereocenters. The van der Waals surface area contributed by atoms with Crippen molar-refractivity contribution in [3.05, 3.63) is 46.5 Å². The Morgan fingerprint density at radius 1 is 1.52 bits per heavy atom. The van der Waals surface area contributed by atoms with Crippen molar-refractivity contribution >= 4 is 17.0 Å². The fourth-order valence-electron chi connectivity index (χ4n) is 2.81. The van der Waals surface area contributed by atoms with Crippen molar-refractivity contribution in [1.29, 1.82) is 0 Å². The highest BCUT2D eigenvalue weighted by Crippen LogP contribution is 2.29. The molecule has 1 fully saturated rings. The van der Waals surface area contributed by atoms with Gasteiger partial charge in [-0.2, -0.15) is 5.10 Å². The summed E-state index contributed by atoms with van der Waals surface area (Å²) in [5.74, 6) is 0. The Bertz CT molecular complexity index is 708. The van der Waals surface area contributed by atoms with Gasteiger partial charge in [0, 0.05) is 16.9 Å². The van der Waals surface area contributed by atoms with Gasteiger partial charge in [0.25, 0.3) is 0 Å². The number of nitrogens with zero attached hydrogens (tertiary/aromatic N) is 5. The summed E-state index contributed by atoms with van der Waals surface area (Å²) in [5.41, 5.74) is 11.5. The first-order chi connectivity index (χ1) is 10.3. The van der Waals surface area contributed by atoms with Gasteiger partial charge in [-0.1, -0.05) is 23.8 Å². The third kappa shape index (κ3) is 2.51. The molecule has 1 unspecified atom stereocenters. The molecule has 0 saturated carbocycles. The minimum absolute atomic E-state index is 0.00171. The van der Waals surface area contributed by atoms with Gasteiger partial charge in [-0.3, -0.25) is 0 Å². The second-order valence-electron chi connectivity index (χ2n) is 5.07. The van der Waals surface area contributed by atoms with Crippen molar-refractivity contribution in [2.24, 2.45) is 5.11 Å². The van der Waals surface area contributed by atoms with Gasteiger partial charge < -0.3 is 4.74 Å². The zero-order valence-corrected chi connectivity index (χ0v) is 11.8. The fraction of sp³-hybridized carbons (Fsp3) is 0.400. The van der Waals surface area contributed by atoms with Crippen LogP contribution >= 0.6 is 0 Å². The summed E-state index contributed by atoms with van der Waals surface area (Å²) in [6.07, 6.45) is 6.84. The Balaban J connectivity index is 2.09. The Morgan fingerprint density at radius 2 is 2.43 bits per heavy atom. The highest BCUT2D eigenvalue weighted by Gasteiger charge is 2.19. The second-order valence-corrected chi connectivity index (χ2v) is 5.07. The zero-order valence-electron chi connectivity index (χ0n) is 11.8. The van der Waals surface area contributed by atoms with Crippen molar-refractivity contribution < 1.29 is 4.74 Å². The summed E-state index contributed by atoms with van der Waals surface area (Å²) in [6.45, 7) is 4.89. The molecule has 0 spiro atoms. The SMILES string of the molecule is C=Cc1ccc2c(cnn2C2CCCCO2)c1CN=[N+]=[N-]. The van der Waals surface area contributed by atoms with E-state index in [9.17, 15) is 0 Å². The van der Waals surface area contributed by atoms with E-state index in [1.807, 2.05) is 23.0 Å². The van der Waals surface area contributed by atoms with Crippen molar-refractivity contribution in [2.75, 3.05) is 6.61 Å². The van der Waals surface area contributed by atoms with Crippen LogP contribution in [-0.4, -0.2) is 16.4 Å². The quantitative estimate of drug-likeness (QED) is 0.479. The Labute approximate surface area is 122 Å². The molecule has 0 N–H and O–H groups in total. The van der Waals surface area contributed by atoms with Gasteiger partial charge in [-0.15, -0.1) is 0 Å². The van der Waals surface area contributed by atoms with Crippen molar-refractivity contribution in [3.8, 4) is 0 Å². The molecule has 0 radical (unpaired) electrons. The molecule has 3 rings (SSSR count). The number of ether oxygens (including phenoxy) is 1. The predicted molar refractivity (Wildman–Crippen MR) is 81.5 cm³/mol. The molecule has 1 saturated heterocycles. The molecule has 0 aliphatic carbocycles. The topological polar surface area (TPSA) is 75.8 Å². The number of benzene rings is 1. The van der Waals surface area contributed by atoms with Gasteiger partial charge in [0.2, 0.25) is 0 Å². The van der Waals surface area contributed by atoms with Gasteiger partial charge in [-0.25, -0.2) is 4.68 Å². The van der Waals surface area contributed by atoms with E-state index in [1.165, 1.54) is 0 Å². The third-order valence-corrected chi connectivity index (χ3v) is 3.87. The number of hydrogen-bond acceptors (Lipinski definition) is 3. The Morgan fingerprint density at radius 3 is 3.14 bits per heavy atom. The third-order valence-electron chi connectivity index (χ3n) is 3.87. The molecule has 1 aliphatic rings. The standard InChI is InChI=1S/C15H17N5O/c1-2-11-6-7-14-13(12(11)9-17-19-16)10-18-20(14)15-5-3-4-8-21-15/h2,6-7,10,15H,1,3-5,8-9H2. The lowest BCUT2D eigenvalue weighted by atomic mass is 10.0. The summed E-state index contributed by atoms with van der Waals surface area (Å²) >= 11 is 0. The maximum Gasteiger partial charge on any atom is 0.150 e. The van der Waals surface area contributed by atoms with E-state index >= 15 is 0 Å². The lowest BCUT2D eigenvalue weighted by Gasteiger charge is -2.23. The monoisotopic (exact) mass is 283 g/mol. The predicted octanol–water partition coefficient (Wildman–Crippen LogP) is 4.19. The molecule has 6 heteroatoms. The van der Waals surface area contributed by atoms with Crippen LogP contribution in [0.3, 0.4) is 0 Å². The van der Waals surface area contributed by atoms with Crippen molar-refractivity contribution in [3.63, 3.8) is 0 Å². The zero-order chi connectivity index (χ0) is 14.7. The van der Waals surface area contributed by atoms with E-state index in [4.69, 9.17) is 10.3 Å². The van der Waals surface area contributed by atoms with Gasteiger partial charge in [0.15, 0.2) is 6.23 Å². The highest BCUT2D eigenvalue weighted by molar-refractivity contribution is 5.86. The second kappa shape index (κ2) is 5.99. The van der Waals surface area contributed by atoms with E-state index in [-0.39, 0.29) is 6.23 Å². The molecule has 1 aromatic carbocycles. The van der Waals surface area contributed by atoms with E-state index in [0.717, 1.165) is 47.9 Å². The smallest absolute Gasteiger partial charge is 0.150 e. The van der Waals surface area contributed by atoms with Gasteiger partial charge in [0.1, 0.15) is 0 Å². The van der Waals surface area contributed by atoms with Crippen LogP contribution in [0.5, 0.6) is 0 Å². The number of azide groups is 1. The maximum atomic E-state index is 8.56. The molecule has 2 aromatic rings. The van der Waals surface area contributed by atoms with E-state index in [1.54, 1.807) is 6.08 Å². The molecule has 1 aliphatic heterocycles. The van der Waals surface area contributed by atoms with Crippen molar-refractivity contribution in [2.45, 2.75) is 32.0 Å². The summed E-state index contributed by atoms with van der Waals surface area (Å²) in [4.78, 5) is 2.85. The van der Waals surface area contributed by atoms with Crippen LogP contribution in [0.4, 0.5) is 0 Å². The highest BCUT2D eigenvalue weighted by atomic mass is 16.5. The lowest BCUT2D eigenvalue weighted by molar-refractivity contribution is -0.0366. The summed E-state index contributed by atoms with van der Waals surface area (Å²) in [6, 6.07) is 4.01. The largest absolute Gasteiger partial charge is 0.356 e.